The van der Waals surface area contributed by atoms with E-state index in [0.29, 0.717) is 17.3 Å². The van der Waals surface area contributed by atoms with Crippen LogP contribution in [-0.4, -0.2) is 9.97 Å². The van der Waals surface area contributed by atoms with Gasteiger partial charge in [0.15, 0.2) is 28.8 Å². The summed E-state index contributed by atoms with van der Waals surface area (Å²) in [5, 5.41) is 0. The van der Waals surface area contributed by atoms with Crippen molar-refractivity contribution in [2.24, 2.45) is 0 Å². The summed E-state index contributed by atoms with van der Waals surface area (Å²) in [6.45, 7) is 4.55. The summed E-state index contributed by atoms with van der Waals surface area (Å²) in [4.78, 5) is 10.3. The molecule has 0 fully saturated rings. The summed E-state index contributed by atoms with van der Waals surface area (Å²) >= 11 is 0. The van der Waals surface area contributed by atoms with Crippen LogP contribution >= 0.6 is 0 Å². The predicted molar refractivity (Wildman–Crippen MR) is 213 cm³/mol. The molecule has 0 spiro atoms. The number of benzene rings is 7. The van der Waals surface area contributed by atoms with Gasteiger partial charge < -0.3 is 9.47 Å². The fraction of sp³-hybridized carbons (Fsp3) is 0.0612. The van der Waals surface area contributed by atoms with Crippen LogP contribution in [0.25, 0.3) is 67.3 Å². The van der Waals surface area contributed by atoms with Crippen LogP contribution in [0.2, 0.25) is 0 Å². The lowest BCUT2D eigenvalue weighted by atomic mass is 9.82. The fourth-order valence-corrected chi connectivity index (χ4v) is 7.86. The molecule has 53 heavy (non-hydrogen) atoms. The monoisotopic (exact) mass is 682 g/mol. The Morgan fingerprint density at radius 3 is 1.75 bits per heavy atom. The second-order valence-corrected chi connectivity index (χ2v) is 14.2. The first kappa shape index (κ1) is 31.0. The van der Waals surface area contributed by atoms with Gasteiger partial charge in [0.2, 0.25) is 0 Å². The molecule has 4 nitrogen and oxygen atoms in total. The first-order valence-electron chi connectivity index (χ1n) is 18.0. The number of hydrogen-bond donors (Lipinski definition) is 0. The van der Waals surface area contributed by atoms with Gasteiger partial charge in [-0.05, 0) is 63.2 Å². The summed E-state index contributed by atoms with van der Waals surface area (Å²) in [5.74, 6) is 3.55. The minimum Gasteiger partial charge on any atom is -0.449 e. The molecule has 2 heterocycles. The van der Waals surface area contributed by atoms with Crippen LogP contribution in [0, 0.1) is 0 Å². The number of hydrogen-bond acceptors (Lipinski definition) is 4. The van der Waals surface area contributed by atoms with Gasteiger partial charge in [0.1, 0.15) is 0 Å². The van der Waals surface area contributed by atoms with E-state index in [1.165, 1.54) is 22.3 Å². The second-order valence-electron chi connectivity index (χ2n) is 14.2. The van der Waals surface area contributed by atoms with Crippen LogP contribution in [0.4, 0.5) is 0 Å². The molecule has 0 bridgehead atoms. The van der Waals surface area contributed by atoms with Crippen LogP contribution in [0.5, 0.6) is 23.0 Å². The Balaban J connectivity index is 1.04. The number of aromatic nitrogens is 2. The van der Waals surface area contributed by atoms with Crippen molar-refractivity contribution < 1.29 is 9.47 Å². The normalized spacial score (nSPS) is 13.2. The SMILES string of the molecule is CC1(C)c2ccccc2-c2c1ccc1c2Oc2ccc(-c3ccccc3-c3cc(-c4ccccc4)nc(-c4ccc(-c5ccccc5)cc4)n3)cc2O1. The molecule has 0 radical (unpaired) electrons. The minimum atomic E-state index is -0.120. The van der Waals surface area contributed by atoms with Crippen molar-refractivity contribution in [3.8, 4) is 90.3 Å². The zero-order valence-corrected chi connectivity index (χ0v) is 29.4. The average molecular weight is 683 g/mol. The van der Waals surface area contributed by atoms with E-state index >= 15 is 0 Å². The Labute approximate surface area is 309 Å². The van der Waals surface area contributed by atoms with Gasteiger partial charge in [-0.3, -0.25) is 0 Å². The van der Waals surface area contributed by atoms with Gasteiger partial charge in [-0.15, -0.1) is 0 Å². The van der Waals surface area contributed by atoms with E-state index in [4.69, 9.17) is 19.4 Å². The highest BCUT2D eigenvalue weighted by molar-refractivity contribution is 5.89. The minimum absolute atomic E-state index is 0.120. The third-order valence-corrected chi connectivity index (χ3v) is 10.6. The largest absolute Gasteiger partial charge is 0.449 e. The number of nitrogens with zero attached hydrogens (tertiary/aromatic N) is 2. The molecular weight excluding hydrogens is 649 g/mol. The van der Waals surface area contributed by atoms with Crippen LogP contribution in [0.3, 0.4) is 0 Å². The van der Waals surface area contributed by atoms with Crippen molar-refractivity contribution in [2.75, 3.05) is 0 Å². The molecule has 0 saturated heterocycles. The molecule has 1 aromatic heterocycles. The molecule has 0 unspecified atom stereocenters. The zero-order valence-electron chi connectivity index (χ0n) is 29.4. The summed E-state index contributed by atoms with van der Waals surface area (Å²) in [7, 11) is 0. The topological polar surface area (TPSA) is 44.2 Å². The van der Waals surface area contributed by atoms with E-state index in [1.807, 2.05) is 36.4 Å². The molecular formula is C49H34N2O2. The van der Waals surface area contributed by atoms with Gasteiger partial charge in [0, 0.05) is 27.7 Å². The van der Waals surface area contributed by atoms with Crippen molar-refractivity contribution in [3.63, 3.8) is 0 Å². The molecule has 0 saturated carbocycles. The van der Waals surface area contributed by atoms with Crippen molar-refractivity contribution >= 4 is 0 Å². The Morgan fingerprint density at radius 1 is 0.396 bits per heavy atom. The molecule has 2 aliphatic rings. The standard InChI is InChI=1S/C49H34N2O2/c1-49(2)39-20-12-11-19-38(39)46-40(49)26-28-44-47(46)53-43-27-25-35(29-45(43)52-44)36-17-9-10-18-37(36)42-30-41(33-15-7-4-8-16-33)50-48(51-42)34-23-21-32(22-24-34)31-13-5-3-6-14-31/h3-30H,1-2H3. The zero-order chi connectivity index (χ0) is 35.5. The third-order valence-electron chi connectivity index (χ3n) is 10.6. The van der Waals surface area contributed by atoms with E-state index in [-0.39, 0.29) is 5.41 Å². The molecule has 1 aliphatic carbocycles. The quantitative estimate of drug-likeness (QED) is 0.181. The maximum Gasteiger partial charge on any atom is 0.178 e. The maximum absolute atomic E-state index is 6.70. The van der Waals surface area contributed by atoms with Gasteiger partial charge in [0.25, 0.3) is 0 Å². The van der Waals surface area contributed by atoms with Crippen molar-refractivity contribution in [3.05, 3.63) is 181 Å². The molecule has 0 atom stereocenters. The Hall–Kier alpha value is -6.78. The van der Waals surface area contributed by atoms with Crippen molar-refractivity contribution in [2.45, 2.75) is 19.3 Å². The Bertz CT molecular complexity index is 2680. The maximum atomic E-state index is 6.70. The van der Waals surface area contributed by atoms with Gasteiger partial charge in [-0.25, -0.2) is 9.97 Å². The number of fused-ring (bicyclic) bond motifs is 6. The van der Waals surface area contributed by atoms with Crippen molar-refractivity contribution in [1.29, 1.82) is 0 Å². The second kappa shape index (κ2) is 12.2. The highest BCUT2D eigenvalue weighted by Gasteiger charge is 2.39. The summed E-state index contributed by atoms with van der Waals surface area (Å²) in [5.41, 5.74) is 13.8. The predicted octanol–water partition coefficient (Wildman–Crippen LogP) is 13.0. The Kier molecular flexibility index (Phi) is 7.12. The molecule has 252 valence electrons. The molecule has 0 N–H and O–H groups in total. The highest BCUT2D eigenvalue weighted by Crippen LogP contribution is 2.58. The van der Waals surface area contributed by atoms with Gasteiger partial charge >= 0.3 is 0 Å². The summed E-state index contributed by atoms with van der Waals surface area (Å²) < 4.78 is 13.3. The van der Waals surface area contributed by atoms with Crippen LogP contribution < -0.4 is 9.47 Å². The summed E-state index contributed by atoms with van der Waals surface area (Å²) in [6, 6.07) is 58.7. The van der Waals surface area contributed by atoms with Crippen LogP contribution in [0.15, 0.2) is 170 Å². The first-order chi connectivity index (χ1) is 26.0. The van der Waals surface area contributed by atoms with Gasteiger partial charge in [0.05, 0.1) is 11.4 Å². The molecule has 8 aromatic rings. The fourth-order valence-electron chi connectivity index (χ4n) is 7.86. The number of rotatable bonds is 5. The highest BCUT2D eigenvalue weighted by atomic mass is 16.6. The van der Waals surface area contributed by atoms with E-state index in [9.17, 15) is 0 Å². The smallest absolute Gasteiger partial charge is 0.178 e. The van der Waals surface area contributed by atoms with E-state index < -0.39 is 0 Å². The van der Waals surface area contributed by atoms with Gasteiger partial charge in [-0.2, -0.15) is 0 Å². The number of ether oxygens (including phenoxy) is 2. The van der Waals surface area contributed by atoms with E-state index in [1.54, 1.807) is 0 Å². The lowest BCUT2D eigenvalue weighted by Crippen LogP contribution is -2.15. The lowest BCUT2D eigenvalue weighted by Gasteiger charge is -2.25. The first-order valence-corrected chi connectivity index (χ1v) is 18.0. The lowest BCUT2D eigenvalue weighted by molar-refractivity contribution is 0.360. The average Bonchev–Trinajstić information content (AvgIpc) is 3.46. The van der Waals surface area contributed by atoms with Crippen LogP contribution in [0.1, 0.15) is 25.0 Å². The van der Waals surface area contributed by atoms with Gasteiger partial charge in [-0.1, -0.05) is 159 Å². The summed E-state index contributed by atoms with van der Waals surface area (Å²) in [6.07, 6.45) is 0. The van der Waals surface area contributed by atoms with E-state index in [0.717, 1.165) is 61.8 Å². The molecule has 0 amide bonds. The molecule has 7 aromatic carbocycles. The van der Waals surface area contributed by atoms with Crippen LogP contribution in [-0.2, 0) is 5.41 Å². The van der Waals surface area contributed by atoms with E-state index in [2.05, 4.69) is 147 Å². The third kappa shape index (κ3) is 5.22. The molecule has 4 heteroatoms. The molecule has 10 rings (SSSR count). The molecule has 1 aliphatic heterocycles. The van der Waals surface area contributed by atoms with Crippen molar-refractivity contribution in [1.82, 2.24) is 9.97 Å². The Morgan fingerprint density at radius 2 is 0.981 bits per heavy atom.